The molecule has 0 aromatic carbocycles. The molecule has 0 N–H and O–H groups in total. The van der Waals surface area contributed by atoms with Gasteiger partial charge in [-0.05, 0) is 54.3 Å². The summed E-state index contributed by atoms with van der Waals surface area (Å²) in [4.78, 5) is 0. The fourth-order valence-electron chi connectivity index (χ4n) is 3.06. The normalized spacial score (nSPS) is 34.4. The van der Waals surface area contributed by atoms with E-state index in [0.717, 1.165) is 12.5 Å². The van der Waals surface area contributed by atoms with Crippen LogP contribution in [0, 0.1) is 0 Å². The van der Waals surface area contributed by atoms with Crippen LogP contribution in [0.2, 0.25) is 25.7 Å². The summed E-state index contributed by atoms with van der Waals surface area (Å²) in [7, 11) is -4.26. The highest BCUT2D eigenvalue weighted by atomic mass is 28.4. The van der Waals surface area contributed by atoms with Gasteiger partial charge in [-0.1, -0.05) is 13.3 Å². The van der Waals surface area contributed by atoms with Gasteiger partial charge in [-0.25, -0.2) is 0 Å². The van der Waals surface area contributed by atoms with E-state index in [-0.39, 0.29) is 6.10 Å². The molecule has 0 amide bonds. The minimum Gasteiger partial charge on any atom is -0.410 e. The summed E-state index contributed by atoms with van der Waals surface area (Å²) in [5, 5.41) is 0. The van der Waals surface area contributed by atoms with Gasteiger partial charge in [-0.3, -0.25) is 0 Å². The lowest BCUT2D eigenvalue weighted by molar-refractivity contribution is -0.106. The standard InChI is InChI=1S/C15H34O4Si2/c1-10-12-21(16-11-2)17-13(3)15(6,19-21)14(4,5)18-20(7,8)9/h13H,10-12H2,1-9H3/t13-,15+,21?/m0/s1. The van der Waals surface area contributed by atoms with Crippen molar-refractivity contribution in [3.63, 3.8) is 0 Å². The zero-order chi connectivity index (χ0) is 16.5. The fraction of sp³-hybridized carbons (Fsp3) is 1.00. The minimum atomic E-state index is -2.58. The number of hydrogen-bond acceptors (Lipinski definition) is 4. The molecule has 0 aromatic rings. The molecule has 3 atom stereocenters. The second-order valence-corrected chi connectivity index (χ2v) is 14.6. The first kappa shape index (κ1) is 19.3. The van der Waals surface area contributed by atoms with Crippen LogP contribution in [0.1, 0.15) is 48.0 Å². The Hall–Kier alpha value is 0.274. The van der Waals surface area contributed by atoms with Gasteiger partial charge in [0.05, 0.1) is 11.7 Å². The summed E-state index contributed by atoms with van der Waals surface area (Å²) in [5.41, 5.74) is -0.889. The molecule has 0 aromatic heterocycles. The van der Waals surface area contributed by atoms with Gasteiger partial charge in [0.2, 0.25) is 0 Å². The van der Waals surface area contributed by atoms with Crippen LogP contribution < -0.4 is 0 Å². The number of rotatable bonds is 7. The molecular formula is C15H34O4Si2. The van der Waals surface area contributed by atoms with Crippen molar-refractivity contribution < 1.29 is 17.7 Å². The Bertz CT molecular complexity index is 348. The van der Waals surface area contributed by atoms with E-state index >= 15 is 0 Å². The molecule has 1 saturated heterocycles. The topological polar surface area (TPSA) is 36.9 Å². The molecule has 4 nitrogen and oxygen atoms in total. The van der Waals surface area contributed by atoms with Crippen molar-refractivity contribution in [2.45, 2.75) is 91.0 Å². The lowest BCUT2D eigenvalue weighted by atomic mass is 9.83. The number of hydrogen-bond donors (Lipinski definition) is 0. The van der Waals surface area contributed by atoms with Crippen molar-refractivity contribution in [2.24, 2.45) is 0 Å². The van der Waals surface area contributed by atoms with E-state index in [4.69, 9.17) is 17.7 Å². The van der Waals surface area contributed by atoms with E-state index in [9.17, 15) is 0 Å². The van der Waals surface area contributed by atoms with E-state index in [0.29, 0.717) is 6.61 Å². The molecule has 0 spiro atoms. The van der Waals surface area contributed by atoms with Crippen molar-refractivity contribution in [3.05, 3.63) is 0 Å². The first-order chi connectivity index (χ1) is 9.41. The van der Waals surface area contributed by atoms with Crippen LogP contribution in [-0.4, -0.2) is 41.0 Å². The predicted octanol–water partition coefficient (Wildman–Crippen LogP) is 4.20. The maximum atomic E-state index is 6.53. The second-order valence-electron chi connectivity index (χ2n) is 7.56. The van der Waals surface area contributed by atoms with Gasteiger partial charge < -0.3 is 17.7 Å². The Balaban J connectivity index is 3.05. The zero-order valence-electron chi connectivity index (χ0n) is 15.3. The Morgan fingerprint density at radius 3 is 2.24 bits per heavy atom. The molecular weight excluding hydrogens is 300 g/mol. The molecule has 21 heavy (non-hydrogen) atoms. The van der Waals surface area contributed by atoms with E-state index in [1.54, 1.807) is 0 Å². The van der Waals surface area contributed by atoms with E-state index in [2.05, 4.69) is 54.3 Å². The van der Waals surface area contributed by atoms with Gasteiger partial charge in [0.1, 0.15) is 5.60 Å². The third kappa shape index (κ3) is 4.17. The molecule has 1 aliphatic rings. The molecule has 1 fully saturated rings. The van der Waals surface area contributed by atoms with E-state index < -0.39 is 28.3 Å². The highest BCUT2D eigenvalue weighted by Crippen LogP contribution is 2.45. The minimum absolute atomic E-state index is 0.0337. The van der Waals surface area contributed by atoms with Gasteiger partial charge >= 0.3 is 8.80 Å². The Morgan fingerprint density at radius 1 is 1.24 bits per heavy atom. The molecule has 0 bridgehead atoms. The van der Waals surface area contributed by atoms with Crippen LogP contribution in [0.5, 0.6) is 0 Å². The monoisotopic (exact) mass is 334 g/mol. The zero-order valence-corrected chi connectivity index (χ0v) is 17.3. The molecule has 1 aliphatic heterocycles. The van der Waals surface area contributed by atoms with Gasteiger partial charge in [-0.2, -0.15) is 0 Å². The fourth-order valence-corrected chi connectivity index (χ4v) is 8.21. The van der Waals surface area contributed by atoms with Crippen LogP contribution >= 0.6 is 0 Å². The predicted molar refractivity (Wildman–Crippen MR) is 91.0 cm³/mol. The van der Waals surface area contributed by atoms with Gasteiger partial charge in [0, 0.05) is 12.7 Å². The average molecular weight is 335 g/mol. The van der Waals surface area contributed by atoms with Crippen LogP contribution in [0.4, 0.5) is 0 Å². The molecule has 0 saturated carbocycles. The van der Waals surface area contributed by atoms with Crippen molar-refractivity contribution in [2.75, 3.05) is 6.61 Å². The van der Waals surface area contributed by atoms with E-state index in [1.807, 2.05) is 6.92 Å². The summed E-state index contributed by atoms with van der Waals surface area (Å²) in [6.07, 6.45) is 0.971. The average Bonchev–Trinajstić information content (AvgIpc) is 2.50. The molecule has 1 unspecified atom stereocenters. The first-order valence-electron chi connectivity index (χ1n) is 8.13. The van der Waals surface area contributed by atoms with Gasteiger partial charge in [0.15, 0.2) is 8.32 Å². The van der Waals surface area contributed by atoms with Crippen molar-refractivity contribution in [3.8, 4) is 0 Å². The highest BCUT2D eigenvalue weighted by molar-refractivity contribution is 6.69. The maximum Gasteiger partial charge on any atom is 0.501 e. The molecule has 126 valence electrons. The third-order valence-electron chi connectivity index (χ3n) is 4.18. The summed E-state index contributed by atoms with van der Waals surface area (Å²) in [5.74, 6) is 0. The van der Waals surface area contributed by atoms with Crippen molar-refractivity contribution >= 4 is 17.1 Å². The Morgan fingerprint density at radius 2 is 1.81 bits per heavy atom. The van der Waals surface area contributed by atoms with Crippen LogP contribution in [0.3, 0.4) is 0 Å². The summed E-state index contributed by atoms with van der Waals surface area (Å²) >= 11 is 0. The highest BCUT2D eigenvalue weighted by Gasteiger charge is 2.63. The molecule has 0 aliphatic carbocycles. The van der Waals surface area contributed by atoms with E-state index in [1.165, 1.54) is 0 Å². The third-order valence-corrected chi connectivity index (χ3v) is 8.59. The van der Waals surface area contributed by atoms with Crippen LogP contribution in [0.15, 0.2) is 0 Å². The Labute approximate surface area is 133 Å². The summed E-state index contributed by atoms with van der Waals surface area (Å²) in [6.45, 7) is 19.8. The lowest BCUT2D eigenvalue weighted by Crippen LogP contribution is -2.59. The van der Waals surface area contributed by atoms with Crippen LogP contribution in [0.25, 0.3) is 0 Å². The SMILES string of the molecule is CCC[Si]1(OCC)O[C@@H](C)[C@](C)(C(C)(C)O[Si](C)(C)C)O1. The second kappa shape index (κ2) is 6.41. The van der Waals surface area contributed by atoms with Crippen molar-refractivity contribution in [1.29, 1.82) is 0 Å². The molecule has 1 heterocycles. The van der Waals surface area contributed by atoms with Crippen LogP contribution in [-0.2, 0) is 17.7 Å². The lowest BCUT2D eigenvalue weighted by Gasteiger charge is -2.46. The Kier molecular flexibility index (Phi) is 5.90. The molecule has 1 rings (SSSR count). The molecule has 6 heteroatoms. The first-order valence-corrected chi connectivity index (χ1v) is 13.5. The van der Waals surface area contributed by atoms with Gasteiger partial charge in [0.25, 0.3) is 0 Å². The largest absolute Gasteiger partial charge is 0.501 e. The maximum absolute atomic E-state index is 6.53. The smallest absolute Gasteiger partial charge is 0.410 e. The quantitative estimate of drug-likeness (QED) is 0.654. The summed E-state index contributed by atoms with van der Waals surface area (Å²) in [6, 6.07) is 0.865. The molecule has 0 radical (unpaired) electrons. The van der Waals surface area contributed by atoms with Crippen molar-refractivity contribution in [1.82, 2.24) is 0 Å². The summed E-state index contributed by atoms with van der Waals surface area (Å²) < 4.78 is 25.2. The van der Waals surface area contributed by atoms with Gasteiger partial charge in [-0.15, -0.1) is 0 Å².